The number of piperidine rings is 1. The SMILES string of the molecule is CC1(C)OB(c2cnc(N3CCC(NCCO)CC3)nc2)OC1(C)C. The lowest BCUT2D eigenvalue weighted by Gasteiger charge is -2.32. The summed E-state index contributed by atoms with van der Waals surface area (Å²) in [6.07, 6.45) is 5.67. The van der Waals surface area contributed by atoms with Crippen molar-refractivity contribution in [3.63, 3.8) is 0 Å². The van der Waals surface area contributed by atoms with Gasteiger partial charge in [0.1, 0.15) is 0 Å². The van der Waals surface area contributed by atoms with Crippen LogP contribution < -0.4 is 15.7 Å². The zero-order valence-corrected chi connectivity index (χ0v) is 15.7. The molecule has 1 aromatic rings. The summed E-state index contributed by atoms with van der Waals surface area (Å²) in [5.41, 5.74) is 0.126. The second-order valence-electron chi connectivity index (χ2n) is 7.84. The minimum atomic E-state index is -0.424. The fourth-order valence-electron chi connectivity index (χ4n) is 3.15. The van der Waals surface area contributed by atoms with Gasteiger partial charge in [0.2, 0.25) is 5.95 Å². The Bertz CT molecular complexity index is 558. The minimum absolute atomic E-state index is 0.184. The van der Waals surface area contributed by atoms with Crippen molar-refractivity contribution < 1.29 is 14.4 Å². The first-order chi connectivity index (χ1) is 11.8. The van der Waals surface area contributed by atoms with E-state index in [1.165, 1.54) is 0 Å². The maximum atomic E-state index is 8.89. The molecule has 0 amide bonds. The Morgan fingerprint density at radius 1 is 1.16 bits per heavy atom. The topological polar surface area (TPSA) is 79.7 Å². The molecule has 0 radical (unpaired) electrons. The molecule has 0 saturated carbocycles. The molecule has 0 unspecified atom stereocenters. The third kappa shape index (κ3) is 3.97. The van der Waals surface area contributed by atoms with E-state index in [1.54, 1.807) is 12.4 Å². The second-order valence-corrected chi connectivity index (χ2v) is 7.84. The monoisotopic (exact) mass is 348 g/mol. The van der Waals surface area contributed by atoms with Crippen molar-refractivity contribution >= 4 is 18.5 Å². The van der Waals surface area contributed by atoms with Crippen LogP contribution in [-0.2, 0) is 9.31 Å². The molecule has 0 aliphatic carbocycles. The van der Waals surface area contributed by atoms with Gasteiger partial charge in [-0.1, -0.05) is 0 Å². The fourth-order valence-corrected chi connectivity index (χ4v) is 3.15. The van der Waals surface area contributed by atoms with Crippen molar-refractivity contribution in [3.05, 3.63) is 12.4 Å². The summed E-state index contributed by atoms with van der Waals surface area (Å²) < 4.78 is 12.1. The molecule has 0 aromatic carbocycles. The van der Waals surface area contributed by atoms with Gasteiger partial charge in [0.15, 0.2) is 0 Å². The number of anilines is 1. The number of hydrogen-bond donors (Lipinski definition) is 2. The lowest BCUT2D eigenvalue weighted by atomic mass is 9.81. The van der Waals surface area contributed by atoms with Gasteiger partial charge in [0, 0.05) is 43.5 Å². The number of hydrogen-bond acceptors (Lipinski definition) is 7. The molecule has 2 saturated heterocycles. The Hall–Kier alpha value is -1.22. The van der Waals surface area contributed by atoms with Crippen molar-refractivity contribution in [2.24, 2.45) is 0 Å². The van der Waals surface area contributed by atoms with Gasteiger partial charge in [-0.3, -0.25) is 0 Å². The van der Waals surface area contributed by atoms with Crippen LogP contribution in [0.15, 0.2) is 12.4 Å². The van der Waals surface area contributed by atoms with Gasteiger partial charge >= 0.3 is 7.12 Å². The highest BCUT2D eigenvalue weighted by Crippen LogP contribution is 2.36. The average Bonchev–Trinajstić information content (AvgIpc) is 2.81. The fraction of sp³-hybridized carbons (Fsp3) is 0.765. The maximum absolute atomic E-state index is 8.89. The third-order valence-corrected chi connectivity index (χ3v) is 5.51. The van der Waals surface area contributed by atoms with E-state index in [1.807, 2.05) is 27.7 Å². The van der Waals surface area contributed by atoms with Crippen LogP contribution in [0.4, 0.5) is 5.95 Å². The Labute approximate surface area is 150 Å². The number of rotatable bonds is 5. The zero-order valence-electron chi connectivity index (χ0n) is 15.7. The van der Waals surface area contributed by atoms with E-state index in [0.717, 1.165) is 37.3 Å². The molecule has 7 nitrogen and oxygen atoms in total. The molecule has 0 atom stereocenters. The molecular formula is C17H29BN4O3. The summed E-state index contributed by atoms with van der Waals surface area (Å²) in [5, 5.41) is 12.2. The molecular weight excluding hydrogens is 319 g/mol. The Morgan fingerprint density at radius 3 is 2.24 bits per heavy atom. The summed E-state index contributed by atoms with van der Waals surface area (Å²) in [6.45, 7) is 10.8. The normalized spacial score (nSPS) is 23.2. The van der Waals surface area contributed by atoms with E-state index < -0.39 is 7.12 Å². The molecule has 2 fully saturated rings. The number of nitrogens with zero attached hydrogens (tertiary/aromatic N) is 3. The lowest BCUT2D eigenvalue weighted by Crippen LogP contribution is -2.44. The van der Waals surface area contributed by atoms with Crippen molar-refractivity contribution in [2.45, 2.75) is 57.8 Å². The maximum Gasteiger partial charge on any atom is 0.498 e. The molecule has 2 N–H and O–H groups in total. The van der Waals surface area contributed by atoms with Gasteiger partial charge < -0.3 is 24.6 Å². The quantitative estimate of drug-likeness (QED) is 0.742. The van der Waals surface area contributed by atoms with E-state index in [9.17, 15) is 0 Å². The van der Waals surface area contributed by atoms with E-state index in [4.69, 9.17) is 14.4 Å². The van der Waals surface area contributed by atoms with E-state index in [0.29, 0.717) is 12.6 Å². The first kappa shape index (κ1) is 18.6. The van der Waals surface area contributed by atoms with Crippen LogP contribution in [0.5, 0.6) is 0 Å². The van der Waals surface area contributed by atoms with Gasteiger partial charge in [0.05, 0.1) is 17.8 Å². The molecule has 2 aliphatic heterocycles. The van der Waals surface area contributed by atoms with E-state index in [2.05, 4.69) is 20.2 Å². The molecule has 138 valence electrons. The van der Waals surface area contributed by atoms with Crippen molar-refractivity contribution in [1.82, 2.24) is 15.3 Å². The third-order valence-electron chi connectivity index (χ3n) is 5.51. The standard InChI is InChI=1S/C17H29BN4O3/c1-16(2)17(3,4)25-18(24-16)13-11-20-15(21-12-13)22-8-5-14(6-9-22)19-7-10-23/h11-12,14,19,23H,5-10H2,1-4H3. The van der Waals surface area contributed by atoms with Crippen LogP contribution in [0.25, 0.3) is 0 Å². The Kier molecular flexibility index (Phi) is 5.34. The largest absolute Gasteiger partial charge is 0.498 e. The number of aliphatic hydroxyl groups excluding tert-OH is 1. The van der Waals surface area contributed by atoms with Crippen LogP contribution >= 0.6 is 0 Å². The zero-order chi connectivity index (χ0) is 18.1. The lowest BCUT2D eigenvalue weighted by molar-refractivity contribution is 0.00578. The highest BCUT2D eigenvalue weighted by atomic mass is 16.7. The Balaban J connectivity index is 1.59. The molecule has 25 heavy (non-hydrogen) atoms. The first-order valence-corrected chi connectivity index (χ1v) is 9.09. The van der Waals surface area contributed by atoms with Gasteiger partial charge in [0.25, 0.3) is 0 Å². The summed E-state index contributed by atoms with van der Waals surface area (Å²) in [4.78, 5) is 11.2. The summed E-state index contributed by atoms with van der Waals surface area (Å²) >= 11 is 0. The second kappa shape index (κ2) is 7.19. The first-order valence-electron chi connectivity index (χ1n) is 9.09. The molecule has 0 bridgehead atoms. The smallest absolute Gasteiger partial charge is 0.399 e. The van der Waals surface area contributed by atoms with Crippen LogP contribution in [0.1, 0.15) is 40.5 Å². The van der Waals surface area contributed by atoms with Crippen LogP contribution in [-0.4, -0.2) is 65.7 Å². The summed E-state index contributed by atoms with van der Waals surface area (Å²) in [7, 11) is -0.424. The molecule has 0 spiro atoms. The van der Waals surface area contributed by atoms with E-state index >= 15 is 0 Å². The highest BCUT2D eigenvalue weighted by molar-refractivity contribution is 6.61. The van der Waals surface area contributed by atoms with Gasteiger partial charge in [-0.15, -0.1) is 0 Å². The number of aromatic nitrogens is 2. The molecule has 8 heteroatoms. The predicted molar refractivity (Wildman–Crippen MR) is 98.1 cm³/mol. The van der Waals surface area contributed by atoms with Gasteiger partial charge in [-0.05, 0) is 40.5 Å². The van der Waals surface area contributed by atoms with Crippen LogP contribution in [0.3, 0.4) is 0 Å². The molecule has 2 aliphatic rings. The molecule has 1 aromatic heterocycles. The number of aliphatic hydroxyl groups is 1. The van der Waals surface area contributed by atoms with Crippen LogP contribution in [0.2, 0.25) is 0 Å². The average molecular weight is 348 g/mol. The van der Waals surface area contributed by atoms with Crippen LogP contribution in [0, 0.1) is 0 Å². The Morgan fingerprint density at radius 2 is 1.72 bits per heavy atom. The highest BCUT2D eigenvalue weighted by Gasteiger charge is 2.52. The number of nitrogens with one attached hydrogen (secondary N) is 1. The molecule has 3 heterocycles. The van der Waals surface area contributed by atoms with Crippen molar-refractivity contribution in [1.29, 1.82) is 0 Å². The minimum Gasteiger partial charge on any atom is -0.399 e. The van der Waals surface area contributed by atoms with Gasteiger partial charge in [-0.2, -0.15) is 0 Å². The van der Waals surface area contributed by atoms with Crippen molar-refractivity contribution in [3.8, 4) is 0 Å². The summed E-state index contributed by atoms with van der Waals surface area (Å²) in [6, 6.07) is 0.465. The predicted octanol–water partition coefficient (Wildman–Crippen LogP) is 0.327. The molecule has 3 rings (SSSR count). The summed E-state index contributed by atoms with van der Waals surface area (Å²) in [5.74, 6) is 0.751. The van der Waals surface area contributed by atoms with Gasteiger partial charge in [-0.25, -0.2) is 9.97 Å². The van der Waals surface area contributed by atoms with E-state index in [-0.39, 0.29) is 17.8 Å². The van der Waals surface area contributed by atoms with Crippen molar-refractivity contribution in [2.75, 3.05) is 31.1 Å².